The maximum atomic E-state index is 9.91. The molecule has 2 atom stereocenters. The summed E-state index contributed by atoms with van der Waals surface area (Å²) in [6.07, 6.45) is 4.35. The van der Waals surface area contributed by atoms with Crippen molar-refractivity contribution in [3.05, 3.63) is 0 Å². The van der Waals surface area contributed by atoms with E-state index in [2.05, 4.69) is 9.80 Å². The molecule has 1 aliphatic carbocycles. The van der Waals surface area contributed by atoms with E-state index in [4.69, 9.17) is 5.11 Å². The van der Waals surface area contributed by atoms with Gasteiger partial charge < -0.3 is 10.2 Å². The molecule has 16 heavy (non-hydrogen) atoms. The molecule has 2 fully saturated rings. The Bertz CT molecular complexity index is 213. The van der Waals surface area contributed by atoms with Crippen LogP contribution in [-0.4, -0.2) is 71.5 Å². The highest BCUT2D eigenvalue weighted by Crippen LogP contribution is 2.24. The second kappa shape index (κ2) is 5.96. The summed E-state index contributed by atoms with van der Waals surface area (Å²) in [4.78, 5) is 4.77. The summed E-state index contributed by atoms with van der Waals surface area (Å²) < 4.78 is 0. The van der Waals surface area contributed by atoms with Gasteiger partial charge in [0.15, 0.2) is 0 Å². The average molecular weight is 228 g/mol. The van der Waals surface area contributed by atoms with E-state index in [1.807, 2.05) is 0 Å². The summed E-state index contributed by atoms with van der Waals surface area (Å²) >= 11 is 0. The van der Waals surface area contributed by atoms with Gasteiger partial charge in [0, 0.05) is 25.7 Å². The van der Waals surface area contributed by atoms with Crippen LogP contribution in [0.25, 0.3) is 0 Å². The molecule has 1 aliphatic heterocycles. The van der Waals surface area contributed by atoms with Crippen molar-refractivity contribution < 1.29 is 10.2 Å². The monoisotopic (exact) mass is 228 g/mol. The molecule has 1 saturated heterocycles. The number of hydrogen-bond acceptors (Lipinski definition) is 4. The van der Waals surface area contributed by atoms with Crippen molar-refractivity contribution in [3.63, 3.8) is 0 Å². The van der Waals surface area contributed by atoms with E-state index in [0.717, 1.165) is 52.0 Å². The minimum atomic E-state index is -0.107. The van der Waals surface area contributed by atoms with Crippen LogP contribution >= 0.6 is 0 Å². The molecule has 0 spiro atoms. The van der Waals surface area contributed by atoms with Gasteiger partial charge >= 0.3 is 0 Å². The molecule has 2 rings (SSSR count). The number of β-amino-alcohol motifs (C(OH)–C–C–N with tert-alkyl or cyclic N) is 1. The van der Waals surface area contributed by atoms with E-state index in [-0.39, 0.29) is 12.7 Å². The van der Waals surface area contributed by atoms with Crippen LogP contribution in [0.15, 0.2) is 0 Å². The zero-order chi connectivity index (χ0) is 11.4. The standard InChI is InChI=1S/C12H24N2O2/c15-10-9-13-5-2-6-14(8-7-13)11-3-1-4-12(11)16/h11-12,15-16H,1-10H2/t11-,12-/m0/s1. The van der Waals surface area contributed by atoms with Crippen molar-refractivity contribution in [3.8, 4) is 0 Å². The van der Waals surface area contributed by atoms with E-state index in [1.165, 1.54) is 6.42 Å². The molecule has 4 nitrogen and oxygen atoms in total. The van der Waals surface area contributed by atoms with Gasteiger partial charge in [0.05, 0.1) is 12.7 Å². The van der Waals surface area contributed by atoms with Crippen molar-refractivity contribution in [1.82, 2.24) is 9.80 Å². The summed E-state index contributed by atoms with van der Waals surface area (Å²) in [6.45, 7) is 5.31. The lowest BCUT2D eigenvalue weighted by atomic mass is 10.1. The number of nitrogens with zero attached hydrogens (tertiary/aromatic N) is 2. The van der Waals surface area contributed by atoms with E-state index in [1.54, 1.807) is 0 Å². The fourth-order valence-electron chi connectivity index (χ4n) is 3.03. The normalized spacial score (nSPS) is 34.1. The first-order valence-electron chi connectivity index (χ1n) is 6.56. The fourth-order valence-corrected chi connectivity index (χ4v) is 3.03. The Kier molecular flexibility index (Phi) is 4.58. The van der Waals surface area contributed by atoms with Crippen LogP contribution in [0, 0.1) is 0 Å². The SMILES string of the molecule is OCCN1CCCN([C@H]2CCC[C@@H]2O)CC1. The van der Waals surface area contributed by atoms with Crippen LogP contribution < -0.4 is 0 Å². The lowest BCUT2D eigenvalue weighted by Gasteiger charge is -2.29. The molecule has 0 bridgehead atoms. The highest BCUT2D eigenvalue weighted by molar-refractivity contribution is 4.86. The Balaban J connectivity index is 1.83. The van der Waals surface area contributed by atoms with E-state index >= 15 is 0 Å². The predicted molar refractivity (Wildman–Crippen MR) is 63.4 cm³/mol. The van der Waals surface area contributed by atoms with Gasteiger partial charge in [0.1, 0.15) is 0 Å². The second-order valence-electron chi connectivity index (χ2n) is 5.02. The molecule has 0 unspecified atom stereocenters. The third-order valence-corrected chi connectivity index (χ3v) is 3.95. The molecule has 0 aromatic rings. The minimum absolute atomic E-state index is 0.107. The molecular weight excluding hydrogens is 204 g/mol. The van der Waals surface area contributed by atoms with Crippen LogP contribution in [0.5, 0.6) is 0 Å². The van der Waals surface area contributed by atoms with Crippen LogP contribution in [-0.2, 0) is 0 Å². The minimum Gasteiger partial charge on any atom is -0.395 e. The summed E-state index contributed by atoms with van der Waals surface area (Å²) in [7, 11) is 0. The average Bonchev–Trinajstić information content (AvgIpc) is 2.57. The third kappa shape index (κ3) is 2.94. The molecule has 1 saturated carbocycles. The van der Waals surface area contributed by atoms with Crippen molar-refractivity contribution >= 4 is 0 Å². The van der Waals surface area contributed by atoms with Gasteiger partial charge in [0.25, 0.3) is 0 Å². The predicted octanol–water partition coefficient (Wildman–Crippen LogP) is -0.100. The second-order valence-corrected chi connectivity index (χ2v) is 5.02. The number of aliphatic hydroxyl groups excluding tert-OH is 2. The van der Waals surface area contributed by atoms with Gasteiger partial charge in [-0.3, -0.25) is 9.80 Å². The van der Waals surface area contributed by atoms with Crippen LogP contribution in [0.1, 0.15) is 25.7 Å². The summed E-state index contributed by atoms with van der Waals surface area (Å²) in [6, 6.07) is 0.397. The smallest absolute Gasteiger partial charge is 0.0695 e. The molecule has 0 aromatic carbocycles. The Hall–Kier alpha value is -0.160. The van der Waals surface area contributed by atoms with Crippen LogP contribution in [0.4, 0.5) is 0 Å². The van der Waals surface area contributed by atoms with Gasteiger partial charge in [-0.1, -0.05) is 0 Å². The van der Waals surface area contributed by atoms with Crippen LogP contribution in [0.3, 0.4) is 0 Å². The topological polar surface area (TPSA) is 46.9 Å². The first-order chi connectivity index (χ1) is 7.81. The zero-order valence-corrected chi connectivity index (χ0v) is 10.0. The van der Waals surface area contributed by atoms with E-state index < -0.39 is 0 Å². The Morgan fingerprint density at radius 3 is 2.56 bits per heavy atom. The zero-order valence-electron chi connectivity index (χ0n) is 10.0. The highest BCUT2D eigenvalue weighted by atomic mass is 16.3. The molecule has 0 amide bonds. The molecule has 2 aliphatic rings. The Morgan fingerprint density at radius 2 is 1.88 bits per heavy atom. The molecule has 2 N–H and O–H groups in total. The van der Waals surface area contributed by atoms with Crippen LogP contribution in [0.2, 0.25) is 0 Å². The van der Waals surface area contributed by atoms with Gasteiger partial charge in [0.2, 0.25) is 0 Å². The first kappa shape index (κ1) is 12.3. The van der Waals surface area contributed by atoms with Crippen molar-refractivity contribution in [2.24, 2.45) is 0 Å². The Morgan fingerprint density at radius 1 is 1.00 bits per heavy atom. The number of aliphatic hydroxyl groups is 2. The largest absolute Gasteiger partial charge is 0.395 e. The van der Waals surface area contributed by atoms with E-state index in [0.29, 0.717) is 6.04 Å². The quantitative estimate of drug-likeness (QED) is 0.708. The van der Waals surface area contributed by atoms with Crippen molar-refractivity contribution in [1.29, 1.82) is 0 Å². The number of rotatable bonds is 3. The molecule has 94 valence electrons. The summed E-state index contributed by atoms with van der Waals surface area (Å²) in [5.74, 6) is 0. The summed E-state index contributed by atoms with van der Waals surface area (Å²) in [5, 5.41) is 18.8. The van der Waals surface area contributed by atoms with Gasteiger partial charge in [-0.25, -0.2) is 0 Å². The maximum absolute atomic E-state index is 9.91. The third-order valence-electron chi connectivity index (χ3n) is 3.95. The van der Waals surface area contributed by atoms with Gasteiger partial charge in [-0.2, -0.15) is 0 Å². The highest BCUT2D eigenvalue weighted by Gasteiger charge is 2.31. The first-order valence-corrected chi connectivity index (χ1v) is 6.56. The van der Waals surface area contributed by atoms with Crippen molar-refractivity contribution in [2.45, 2.75) is 37.8 Å². The van der Waals surface area contributed by atoms with Gasteiger partial charge in [-0.15, -0.1) is 0 Å². The van der Waals surface area contributed by atoms with E-state index in [9.17, 15) is 5.11 Å². The fraction of sp³-hybridized carbons (Fsp3) is 1.00. The molecular formula is C12H24N2O2. The molecule has 0 radical (unpaired) electrons. The Labute approximate surface area is 97.9 Å². The lowest BCUT2D eigenvalue weighted by Crippen LogP contribution is -2.42. The maximum Gasteiger partial charge on any atom is 0.0695 e. The molecule has 0 aromatic heterocycles. The van der Waals surface area contributed by atoms with Gasteiger partial charge in [-0.05, 0) is 38.8 Å². The van der Waals surface area contributed by atoms with Crippen molar-refractivity contribution in [2.75, 3.05) is 39.3 Å². The molecule has 1 heterocycles. The number of hydrogen-bond donors (Lipinski definition) is 2. The lowest BCUT2D eigenvalue weighted by molar-refractivity contribution is 0.0723. The molecule has 4 heteroatoms. The summed E-state index contributed by atoms with van der Waals surface area (Å²) in [5.41, 5.74) is 0.